The molecule has 1 fully saturated rings. The van der Waals surface area contributed by atoms with Crippen molar-refractivity contribution >= 4 is 21.6 Å². The fourth-order valence-corrected chi connectivity index (χ4v) is 2.93. The predicted molar refractivity (Wildman–Crippen MR) is 81.3 cm³/mol. The highest BCUT2D eigenvalue weighted by atomic mass is 32.2. The average molecular weight is 311 g/mol. The third kappa shape index (κ3) is 4.80. The summed E-state index contributed by atoms with van der Waals surface area (Å²) in [4.78, 5) is 14.1. The molecule has 1 aromatic rings. The molecule has 1 heterocycles. The SMILES string of the molecule is CC1CCN(CC(=O)Nc2cccc(S(N)(=O)=O)c2)CC1. The van der Waals surface area contributed by atoms with Gasteiger partial charge >= 0.3 is 0 Å². The molecule has 116 valence electrons. The molecule has 1 aliphatic heterocycles. The summed E-state index contributed by atoms with van der Waals surface area (Å²) in [7, 11) is -3.76. The molecule has 0 aromatic heterocycles. The largest absolute Gasteiger partial charge is 0.325 e. The predicted octanol–water partition coefficient (Wildman–Crippen LogP) is 1.00. The smallest absolute Gasteiger partial charge is 0.238 e. The third-order valence-corrected chi connectivity index (χ3v) is 4.60. The van der Waals surface area contributed by atoms with Crippen LogP contribution in [0.5, 0.6) is 0 Å². The molecule has 1 saturated heterocycles. The molecule has 1 aliphatic rings. The minimum atomic E-state index is -3.76. The van der Waals surface area contributed by atoms with Crippen LogP contribution < -0.4 is 10.5 Å². The fraction of sp³-hybridized carbons (Fsp3) is 0.500. The van der Waals surface area contributed by atoms with Gasteiger partial charge in [0.1, 0.15) is 0 Å². The van der Waals surface area contributed by atoms with Crippen LogP contribution in [0, 0.1) is 5.92 Å². The highest BCUT2D eigenvalue weighted by Gasteiger charge is 2.18. The standard InChI is InChI=1S/C14H21N3O3S/c1-11-5-7-17(8-6-11)10-14(18)16-12-3-2-4-13(9-12)21(15,19)20/h2-4,9,11H,5-8,10H2,1H3,(H,16,18)(H2,15,19,20). The number of nitrogens with zero attached hydrogens (tertiary/aromatic N) is 1. The van der Waals surface area contributed by atoms with Gasteiger partial charge in [0.25, 0.3) is 0 Å². The van der Waals surface area contributed by atoms with Gasteiger partial charge in [-0.15, -0.1) is 0 Å². The Hall–Kier alpha value is -1.44. The van der Waals surface area contributed by atoms with Crippen molar-refractivity contribution in [2.75, 3.05) is 25.0 Å². The molecule has 7 heteroatoms. The van der Waals surface area contributed by atoms with E-state index in [9.17, 15) is 13.2 Å². The summed E-state index contributed by atoms with van der Waals surface area (Å²) in [6.45, 7) is 4.39. The molecular formula is C14H21N3O3S. The van der Waals surface area contributed by atoms with Gasteiger partial charge in [-0.05, 0) is 50.0 Å². The van der Waals surface area contributed by atoms with E-state index in [0.29, 0.717) is 12.2 Å². The minimum absolute atomic E-state index is 0.00732. The van der Waals surface area contributed by atoms with E-state index in [1.807, 2.05) is 0 Å². The summed E-state index contributed by atoms with van der Waals surface area (Å²) in [5.41, 5.74) is 0.442. The lowest BCUT2D eigenvalue weighted by Crippen LogP contribution is -2.38. The van der Waals surface area contributed by atoms with Gasteiger partial charge in [-0.2, -0.15) is 0 Å². The maximum atomic E-state index is 12.0. The molecule has 21 heavy (non-hydrogen) atoms. The summed E-state index contributed by atoms with van der Waals surface area (Å²) in [6, 6.07) is 5.96. The Morgan fingerprint density at radius 2 is 2.05 bits per heavy atom. The summed E-state index contributed by atoms with van der Waals surface area (Å²) < 4.78 is 22.6. The van der Waals surface area contributed by atoms with E-state index in [2.05, 4.69) is 17.1 Å². The number of likely N-dealkylation sites (tertiary alicyclic amines) is 1. The molecule has 0 radical (unpaired) electrons. The number of sulfonamides is 1. The summed E-state index contributed by atoms with van der Waals surface area (Å²) >= 11 is 0. The van der Waals surface area contributed by atoms with Gasteiger partial charge in [0.05, 0.1) is 11.4 Å². The Labute approximate surface area is 125 Å². The summed E-state index contributed by atoms with van der Waals surface area (Å²) in [6.07, 6.45) is 2.21. The number of primary sulfonamides is 1. The second kappa shape index (κ2) is 6.55. The number of carbonyl (C=O) groups excluding carboxylic acids is 1. The molecule has 1 aromatic carbocycles. The Morgan fingerprint density at radius 3 is 2.67 bits per heavy atom. The lowest BCUT2D eigenvalue weighted by atomic mass is 9.99. The number of nitrogens with two attached hydrogens (primary N) is 1. The van der Waals surface area contributed by atoms with Crippen LogP contribution in [0.15, 0.2) is 29.2 Å². The highest BCUT2D eigenvalue weighted by molar-refractivity contribution is 7.89. The molecule has 0 spiro atoms. The van der Waals surface area contributed by atoms with Gasteiger partial charge in [0.2, 0.25) is 15.9 Å². The molecule has 0 bridgehead atoms. The fourth-order valence-electron chi connectivity index (χ4n) is 2.37. The van der Waals surface area contributed by atoms with Gasteiger partial charge < -0.3 is 5.32 Å². The van der Waals surface area contributed by atoms with Crippen LogP contribution in [-0.2, 0) is 14.8 Å². The number of nitrogens with one attached hydrogen (secondary N) is 1. The maximum Gasteiger partial charge on any atom is 0.238 e. The monoisotopic (exact) mass is 311 g/mol. The first-order valence-electron chi connectivity index (χ1n) is 6.99. The van der Waals surface area contributed by atoms with E-state index in [4.69, 9.17) is 5.14 Å². The van der Waals surface area contributed by atoms with Crippen molar-refractivity contribution in [2.45, 2.75) is 24.7 Å². The van der Waals surface area contributed by atoms with E-state index >= 15 is 0 Å². The van der Waals surface area contributed by atoms with Gasteiger partial charge in [-0.25, -0.2) is 13.6 Å². The van der Waals surface area contributed by atoms with Crippen molar-refractivity contribution in [3.63, 3.8) is 0 Å². The van der Waals surface area contributed by atoms with E-state index in [1.165, 1.54) is 12.1 Å². The number of piperidine rings is 1. The van der Waals surface area contributed by atoms with Crippen LogP contribution in [-0.4, -0.2) is 38.9 Å². The van der Waals surface area contributed by atoms with Crippen molar-refractivity contribution in [3.8, 4) is 0 Å². The van der Waals surface area contributed by atoms with Crippen molar-refractivity contribution in [1.82, 2.24) is 4.90 Å². The van der Waals surface area contributed by atoms with Crippen molar-refractivity contribution in [3.05, 3.63) is 24.3 Å². The Kier molecular flexibility index (Phi) is 4.97. The molecule has 2 rings (SSSR count). The number of anilines is 1. The Balaban J connectivity index is 1.94. The van der Waals surface area contributed by atoms with E-state index in [0.717, 1.165) is 31.8 Å². The Morgan fingerprint density at radius 1 is 1.38 bits per heavy atom. The molecule has 6 nitrogen and oxygen atoms in total. The number of benzene rings is 1. The third-order valence-electron chi connectivity index (χ3n) is 3.69. The maximum absolute atomic E-state index is 12.0. The lowest BCUT2D eigenvalue weighted by molar-refractivity contribution is -0.117. The number of amides is 1. The van der Waals surface area contributed by atoms with Crippen molar-refractivity contribution < 1.29 is 13.2 Å². The topological polar surface area (TPSA) is 92.5 Å². The van der Waals surface area contributed by atoms with Gasteiger partial charge in [-0.1, -0.05) is 13.0 Å². The molecule has 0 aliphatic carbocycles. The second-order valence-electron chi connectivity index (χ2n) is 5.58. The second-order valence-corrected chi connectivity index (χ2v) is 7.14. The van der Waals surface area contributed by atoms with Crippen molar-refractivity contribution in [2.24, 2.45) is 11.1 Å². The molecule has 0 saturated carbocycles. The van der Waals surface area contributed by atoms with E-state index in [1.54, 1.807) is 12.1 Å². The first-order chi connectivity index (χ1) is 9.84. The van der Waals surface area contributed by atoms with Crippen LogP contribution in [0.25, 0.3) is 0 Å². The zero-order chi connectivity index (χ0) is 15.5. The van der Waals surface area contributed by atoms with Crippen LogP contribution in [0.1, 0.15) is 19.8 Å². The number of hydrogen-bond acceptors (Lipinski definition) is 4. The van der Waals surface area contributed by atoms with E-state index in [-0.39, 0.29) is 10.8 Å². The average Bonchev–Trinajstić information content (AvgIpc) is 2.41. The van der Waals surface area contributed by atoms with Crippen LogP contribution in [0.2, 0.25) is 0 Å². The minimum Gasteiger partial charge on any atom is -0.325 e. The zero-order valence-electron chi connectivity index (χ0n) is 12.1. The van der Waals surface area contributed by atoms with Crippen LogP contribution >= 0.6 is 0 Å². The summed E-state index contributed by atoms with van der Waals surface area (Å²) in [5.74, 6) is 0.576. The van der Waals surface area contributed by atoms with Crippen molar-refractivity contribution in [1.29, 1.82) is 0 Å². The Bertz CT molecular complexity index is 608. The van der Waals surface area contributed by atoms with Gasteiger partial charge in [-0.3, -0.25) is 9.69 Å². The van der Waals surface area contributed by atoms with E-state index < -0.39 is 10.0 Å². The number of hydrogen-bond donors (Lipinski definition) is 2. The normalized spacial score (nSPS) is 17.6. The highest BCUT2D eigenvalue weighted by Crippen LogP contribution is 2.17. The van der Waals surface area contributed by atoms with Gasteiger partial charge in [0, 0.05) is 5.69 Å². The first-order valence-corrected chi connectivity index (χ1v) is 8.54. The first kappa shape index (κ1) is 15.9. The molecule has 3 N–H and O–H groups in total. The molecule has 1 amide bonds. The number of carbonyl (C=O) groups is 1. The molecular weight excluding hydrogens is 290 g/mol. The quantitative estimate of drug-likeness (QED) is 0.868. The summed E-state index contributed by atoms with van der Waals surface area (Å²) in [5, 5.41) is 7.78. The lowest BCUT2D eigenvalue weighted by Gasteiger charge is -2.29. The number of rotatable bonds is 4. The zero-order valence-corrected chi connectivity index (χ0v) is 12.9. The molecule has 0 unspecified atom stereocenters. The van der Waals surface area contributed by atoms with Crippen LogP contribution in [0.4, 0.5) is 5.69 Å². The van der Waals surface area contributed by atoms with Crippen LogP contribution in [0.3, 0.4) is 0 Å². The van der Waals surface area contributed by atoms with Gasteiger partial charge in [0.15, 0.2) is 0 Å². The molecule has 0 atom stereocenters.